The lowest BCUT2D eigenvalue weighted by Crippen LogP contribution is -2.19. The van der Waals surface area contributed by atoms with Crippen molar-refractivity contribution in [3.8, 4) is 0 Å². The number of hydrogen-bond donors (Lipinski definition) is 1. The van der Waals surface area contributed by atoms with E-state index in [9.17, 15) is 18.3 Å². The molecule has 0 fully saturated rings. The van der Waals surface area contributed by atoms with Crippen LogP contribution in [0.25, 0.3) is 0 Å². The van der Waals surface area contributed by atoms with Crippen LogP contribution in [0.3, 0.4) is 0 Å². The van der Waals surface area contributed by atoms with Crippen molar-refractivity contribution in [2.75, 3.05) is 0 Å². The average Bonchev–Trinajstić information content (AvgIpc) is 2.38. The molecule has 0 aromatic rings. The molecule has 0 heterocycles. The summed E-state index contributed by atoms with van der Waals surface area (Å²) in [4.78, 5) is 0. The molecule has 110 valence electrons. The van der Waals surface area contributed by atoms with Gasteiger partial charge >= 0.3 is 6.18 Å². The van der Waals surface area contributed by atoms with Gasteiger partial charge in [-0.3, -0.25) is 0 Å². The summed E-state index contributed by atoms with van der Waals surface area (Å²) in [7, 11) is 0. The predicted molar refractivity (Wildman–Crippen MR) is 69.6 cm³/mol. The molecular formula is C15H17F3O2. The van der Waals surface area contributed by atoms with Crippen LogP contribution in [0, 0.1) is 5.92 Å². The molecule has 0 spiro atoms. The van der Waals surface area contributed by atoms with Crippen molar-refractivity contribution in [1.82, 2.24) is 0 Å². The molecule has 2 unspecified atom stereocenters. The molecule has 2 atom stereocenters. The number of alkyl halides is 3. The second-order valence-electron chi connectivity index (χ2n) is 4.92. The smallest absolute Gasteiger partial charge is 0.412 e. The number of rotatable bonds is 3. The normalized spacial score (nSPS) is 26.8. The first-order valence-corrected chi connectivity index (χ1v) is 6.63. The maximum Gasteiger partial charge on any atom is 0.412 e. The van der Waals surface area contributed by atoms with Crippen molar-refractivity contribution in [1.29, 1.82) is 0 Å². The zero-order valence-electron chi connectivity index (χ0n) is 11.2. The maximum atomic E-state index is 12.5. The van der Waals surface area contributed by atoms with Gasteiger partial charge in [-0.05, 0) is 31.1 Å². The third kappa shape index (κ3) is 3.54. The lowest BCUT2D eigenvalue weighted by atomic mass is 9.94. The van der Waals surface area contributed by atoms with Crippen LogP contribution in [0.1, 0.15) is 26.2 Å². The molecule has 2 aliphatic rings. The third-order valence-corrected chi connectivity index (χ3v) is 3.48. The first-order valence-electron chi connectivity index (χ1n) is 6.63. The van der Waals surface area contributed by atoms with Crippen LogP contribution in [-0.2, 0) is 4.74 Å². The van der Waals surface area contributed by atoms with Gasteiger partial charge in [-0.2, -0.15) is 13.2 Å². The third-order valence-electron chi connectivity index (χ3n) is 3.48. The Hall–Kier alpha value is -1.49. The molecule has 0 saturated carbocycles. The molecule has 0 aromatic heterocycles. The Bertz CT molecular complexity index is 484. The van der Waals surface area contributed by atoms with Crippen molar-refractivity contribution < 1.29 is 23.0 Å². The average molecular weight is 286 g/mol. The van der Waals surface area contributed by atoms with Crippen molar-refractivity contribution in [3.05, 3.63) is 47.5 Å². The highest BCUT2D eigenvalue weighted by Crippen LogP contribution is 2.34. The van der Waals surface area contributed by atoms with E-state index in [1.54, 1.807) is 12.2 Å². The zero-order chi connectivity index (χ0) is 14.8. The van der Waals surface area contributed by atoms with Gasteiger partial charge in [0.25, 0.3) is 0 Å². The van der Waals surface area contributed by atoms with E-state index in [0.717, 1.165) is 12.5 Å². The Morgan fingerprint density at radius 2 is 2.05 bits per heavy atom. The van der Waals surface area contributed by atoms with Gasteiger partial charge in [-0.25, -0.2) is 0 Å². The van der Waals surface area contributed by atoms with Gasteiger partial charge in [-0.15, -0.1) is 0 Å². The van der Waals surface area contributed by atoms with Gasteiger partial charge in [0.15, 0.2) is 0 Å². The van der Waals surface area contributed by atoms with Crippen molar-refractivity contribution >= 4 is 0 Å². The summed E-state index contributed by atoms with van der Waals surface area (Å²) < 4.78 is 42.9. The number of halogens is 3. The molecule has 2 rings (SSSR count). The van der Waals surface area contributed by atoms with Crippen LogP contribution in [0.2, 0.25) is 0 Å². The van der Waals surface area contributed by atoms with E-state index in [1.165, 1.54) is 6.08 Å². The Morgan fingerprint density at radius 3 is 2.55 bits per heavy atom. The Morgan fingerprint density at radius 1 is 1.30 bits per heavy atom. The summed E-state index contributed by atoms with van der Waals surface area (Å²) in [5, 5.41) is 9.83. The molecule has 2 nitrogen and oxygen atoms in total. The summed E-state index contributed by atoms with van der Waals surface area (Å²) in [5.74, 6) is 1.03. The number of allylic oxidation sites excluding steroid dienone is 5. The fraction of sp³-hybridized carbons (Fsp3) is 0.467. The molecular weight excluding hydrogens is 269 g/mol. The van der Waals surface area contributed by atoms with Crippen LogP contribution in [0.15, 0.2) is 47.5 Å². The van der Waals surface area contributed by atoms with E-state index < -0.39 is 17.9 Å². The SMILES string of the molecule is CCC1C=CC(OC2=CC=C(C(F)(F)F)CC2)=CC1O. The first-order chi connectivity index (χ1) is 9.40. The van der Waals surface area contributed by atoms with Crippen LogP contribution in [0.5, 0.6) is 0 Å². The zero-order valence-corrected chi connectivity index (χ0v) is 11.2. The standard InChI is InChI=1S/C15H17F3O2/c1-2-10-3-6-13(9-14(10)19)20-12-7-4-11(5-8-12)15(16,17)18/h3-4,6-7,9-10,14,19H,2,5,8H2,1H3. The Labute approximate surface area is 115 Å². The van der Waals surface area contributed by atoms with Crippen LogP contribution >= 0.6 is 0 Å². The molecule has 0 saturated heterocycles. The van der Waals surface area contributed by atoms with Gasteiger partial charge in [0.05, 0.1) is 6.10 Å². The predicted octanol–water partition coefficient (Wildman–Crippen LogP) is 4.01. The van der Waals surface area contributed by atoms with Gasteiger partial charge in [-0.1, -0.05) is 19.1 Å². The second-order valence-corrected chi connectivity index (χ2v) is 4.92. The van der Waals surface area contributed by atoms with Crippen molar-refractivity contribution in [2.45, 2.75) is 38.5 Å². The molecule has 20 heavy (non-hydrogen) atoms. The van der Waals surface area contributed by atoms with E-state index in [-0.39, 0.29) is 18.8 Å². The van der Waals surface area contributed by atoms with E-state index in [4.69, 9.17) is 4.74 Å². The number of aliphatic hydroxyl groups excluding tert-OH is 1. The maximum absolute atomic E-state index is 12.5. The molecule has 5 heteroatoms. The summed E-state index contributed by atoms with van der Waals surface area (Å²) in [6.07, 6.45) is 3.69. The van der Waals surface area contributed by atoms with E-state index in [2.05, 4.69) is 0 Å². The highest BCUT2D eigenvalue weighted by atomic mass is 19.4. The minimum Gasteiger partial charge on any atom is -0.462 e. The summed E-state index contributed by atoms with van der Waals surface area (Å²) >= 11 is 0. The lowest BCUT2D eigenvalue weighted by molar-refractivity contribution is -0.0943. The fourth-order valence-corrected chi connectivity index (χ4v) is 2.22. The van der Waals surface area contributed by atoms with Crippen molar-refractivity contribution in [3.63, 3.8) is 0 Å². The largest absolute Gasteiger partial charge is 0.462 e. The second kappa shape index (κ2) is 5.87. The molecule has 1 N–H and O–H groups in total. The monoisotopic (exact) mass is 286 g/mol. The quantitative estimate of drug-likeness (QED) is 0.849. The molecule has 0 bridgehead atoms. The van der Waals surface area contributed by atoms with Crippen molar-refractivity contribution in [2.24, 2.45) is 5.92 Å². The van der Waals surface area contributed by atoms with Crippen LogP contribution < -0.4 is 0 Å². The van der Waals surface area contributed by atoms with E-state index >= 15 is 0 Å². The number of hydrogen-bond acceptors (Lipinski definition) is 2. The van der Waals surface area contributed by atoms with E-state index in [0.29, 0.717) is 11.5 Å². The van der Waals surface area contributed by atoms with Gasteiger partial charge in [0.1, 0.15) is 11.5 Å². The molecule has 0 aromatic carbocycles. The number of aliphatic hydroxyl groups is 1. The Balaban J connectivity index is 2.01. The highest BCUT2D eigenvalue weighted by Gasteiger charge is 2.34. The molecule has 0 amide bonds. The topological polar surface area (TPSA) is 29.5 Å². The minimum absolute atomic E-state index is 0.0689. The van der Waals surface area contributed by atoms with Gasteiger partial charge in [0, 0.05) is 17.9 Å². The minimum atomic E-state index is -4.27. The Kier molecular flexibility index (Phi) is 4.38. The lowest BCUT2D eigenvalue weighted by Gasteiger charge is -2.22. The van der Waals surface area contributed by atoms with Crippen LogP contribution in [-0.4, -0.2) is 17.4 Å². The summed E-state index contributed by atoms with van der Waals surface area (Å²) in [6, 6.07) is 0. The van der Waals surface area contributed by atoms with Gasteiger partial charge < -0.3 is 9.84 Å². The summed E-state index contributed by atoms with van der Waals surface area (Å²) in [6.45, 7) is 1.98. The fourth-order valence-electron chi connectivity index (χ4n) is 2.22. The molecule has 0 radical (unpaired) electrons. The van der Waals surface area contributed by atoms with Crippen LogP contribution in [0.4, 0.5) is 13.2 Å². The van der Waals surface area contributed by atoms with Gasteiger partial charge in [0.2, 0.25) is 0 Å². The highest BCUT2D eigenvalue weighted by molar-refractivity contribution is 5.28. The first kappa shape index (κ1) is 14.9. The molecule has 0 aliphatic heterocycles. The molecule has 2 aliphatic carbocycles. The summed E-state index contributed by atoms with van der Waals surface area (Å²) in [5.41, 5.74) is -0.538. The van der Waals surface area contributed by atoms with E-state index in [1.807, 2.05) is 13.0 Å². The number of ether oxygens (including phenoxy) is 1.